The molecule has 0 aromatic heterocycles. The first kappa shape index (κ1) is 16.2. The number of rotatable bonds is 2. The number of thioether (sulfide) groups is 1. The maximum atomic E-state index is 12.5. The molecule has 1 amide bonds. The first-order valence-electron chi connectivity index (χ1n) is 8.14. The third-order valence-corrected chi connectivity index (χ3v) is 6.81. The molecule has 7 heteroatoms. The summed E-state index contributed by atoms with van der Waals surface area (Å²) in [6.07, 6.45) is 2.66. The van der Waals surface area contributed by atoms with Gasteiger partial charge in [-0.3, -0.25) is 9.79 Å². The Labute approximate surface area is 150 Å². The van der Waals surface area contributed by atoms with E-state index in [9.17, 15) is 4.79 Å². The summed E-state index contributed by atoms with van der Waals surface area (Å²) in [6.45, 7) is 1.34. The average Bonchev–Trinajstić information content (AvgIpc) is 2.93. The highest BCUT2D eigenvalue weighted by Gasteiger charge is 2.60. The van der Waals surface area contributed by atoms with Crippen molar-refractivity contribution >= 4 is 34.4 Å². The van der Waals surface area contributed by atoms with Crippen LogP contribution in [0.2, 0.25) is 5.02 Å². The smallest absolute Gasteiger partial charge is 0.251 e. The molecule has 3 atom stereocenters. The van der Waals surface area contributed by atoms with Crippen molar-refractivity contribution in [3.05, 3.63) is 34.9 Å². The van der Waals surface area contributed by atoms with Crippen LogP contribution in [0, 0.1) is 5.41 Å². The first-order valence-corrected chi connectivity index (χ1v) is 9.51. The summed E-state index contributed by atoms with van der Waals surface area (Å²) >= 11 is 7.58. The molecule has 1 aliphatic carbocycles. The Hall–Kier alpha value is -1.24. The third-order valence-electron chi connectivity index (χ3n) is 5.49. The Morgan fingerprint density at radius 2 is 2.33 bits per heavy atom. The van der Waals surface area contributed by atoms with Crippen LogP contribution in [0.1, 0.15) is 29.6 Å². The second kappa shape index (κ2) is 5.93. The lowest BCUT2D eigenvalue weighted by Crippen LogP contribution is -2.58. The average molecular weight is 366 g/mol. The van der Waals surface area contributed by atoms with E-state index >= 15 is 0 Å². The quantitative estimate of drug-likeness (QED) is 0.843. The number of aliphatic imine (C=N–C) groups is 1. The molecule has 2 aliphatic heterocycles. The van der Waals surface area contributed by atoms with E-state index in [1.54, 1.807) is 36.0 Å². The Morgan fingerprint density at radius 3 is 3.17 bits per heavy atom. The molecule has 0 unspecified atom stereocenters. The van der Waals surface area contributed by atoms with Crippen molar-refractivity contribution in [3.8, 4) is 0 Å². The maximum Gasteiger partial charge on any atom is 0.251 e. The Balaban J connectivity index is 1.51. The van der Waals surface area contributed by atoms with Gasteiger partial charge in [0.2, 0.25) is 0 Å². The molecule has 5 nitrogen and oxygen atoms in total. The molecule has 1 aromatic rings. The minimum atomic E-state index is -0.195. The normalized spacial score (nSPS) is 34.9. The van der Waals surface area contributed by atoms with Crippen LogP contribution in [0.5, 0.6) is 0 Å². The standard InChI is InChI=1S/C17H20ClN3O2S/c18-12-3-1-2-11(6-12)14(22)20-13-4-5-17-9-23-8-16(17,7-13)10-24-15(19)21-17/h1-3,6,13H,4-5,7-10H2,(H2,19,21)(H,20,22)/t13-,16-,17-/m0/s1. The molecule has 1 saturated carbocycles. The zero-order valence-electron chi connectivity index (χ0n) is 13.3. The molecule has 2 fully saturated rings. The van der Waals surface area contributed by atoms with Crippen LogP contribution in [0.15, 0.2) is 29.3 Å². The van der Waals surface area contributed by atoms with Gasteiger partial charge < -0.3 is 15.8 Å². The second-order valence-corrected chi connectivity index (χ2v) is 8.40. The van der Waals surface area contributed by atoms with Crippen molar-refractivity contribution < 1.29 is 9.53 Å². The summed E-state index contributed by atoms with van der Waals surface area (Å²) in [6, 6.07) is 7.17. The van der Waals surface area contributed by atoms with E-state index in [1.165, 1.54) is 0 Å². The molecule has 2 heterocycles. The van der Waals surface area contributed by atoms with Gasteiger partial charge in [-0.1, -0.05) is 29.4 Å². The number of nitrogens with two attached hydrogens (primary N) is 1. The molecule has 3 N–H and O–H groups in total. The molecule has 0 spiro atoms. The molecule has 24 heavy (non-hydrogen) atoms. The summed E-state index contributed by atoms with van der Waals surface area (Å²) < 4.78 is 5.82. The Bertz CT molecular complexity index is 713. The van der Waals surface area contributed by atoms with Crippen LogP contribution >= 0.6 is 23.4 Å². The predicted molar refractivity (Wildman–Crippen MR) is 96.6 cm³/mol. The molecule has 3 aliphatic rings. The van der Waals surface area contributed by atoms with Crippen molar-refractivity contribution in [3.63, 3.8) is 0 Å². The molecule has 0 radical (unpaired) electrons. The number of carbonyl (C=O) groups excluding carboxylic acids is 1. The molecular weight excluding hydrogens is 346 g/mol. The fraction of sp³-hybridized carbons (Fsp3) is 0.529. The lowest BCUT2D eigenvalue weighted by Gasteiger charge is -2.50. The van der Waals surface area contributed by atoms with Crippen molar-refractivity contribution in [2.75, 3.05) is 19.0 Å². The van der Waals surface area contributed by atoms with Crippen molar-refractivity contribution in [1.29, 1.82) is 0 Å². The van der Waals surface area contributed by atoms with Crippen molar-refractivity contribution in [2.24, 2.45) is 16.1 Å². The number of halogens is 1. The number of benzene rings is 1. The summed E-state index contributed by atoms with van der Waals surface area (Å²) in [4.78, 5) is 17.3. The Kier molecular flexibility index (Phi) is 4.01. The molecule has 128 valence electrons. The minimum absolute atomic E-state index is 0.0228. The van der Waals surface area contributed by atoms with Crippen LogP contribution in [-0.4, -0.2) is 41.6 Å². The van der Waals surface area contributed by atoms with Crippen LogP contribution in [-0.2, 0) is 4.74 Å². The van der Waals surface area contributed by atoms with Gasteiger partial charge in [0.25, 0.3) is 5.91 Å². The number of hydrogen-bond acceptors (Lipinski definition) is 5. The maximum absolute atomic E-state index is 12.5. The van der Waals surface area contributed by atoms with Gasteiger partial charge in [0, 0.05) is 27.8 Å². The van der Waals surface area contributed by atoms with Gasteiger partial charge in [-0.05, 0) is 37.5 Å². The number of carbonyl (C=O) groups is 1. The third kappa shape index (κ3) is 2.61. The molecule has 1 aromatic carbocycles. The van der Waals surface area contributed by atoms with Gasteiger partial charge in [-0.15, -0.1) is 0 Å². The van der Waals surface area contributed by atoms with Gasteiger partial charge in [0.05, 0.1) is 18.8 Å². The number of ether oxygens (including phenoxy) is 1. The summed E-state index contributed by atoms with van der Waals surface area (Å²) in [5.41, 5.74) is 6.35. The van der Waals surface area contributed by atoms with Gasteiger partial charge in [0.1, 0.15) is 0 Å². The van der Waals surface area contributed by atoms with E-state index in [-0.39, 0.29) is 22.9 Å². The molecular formula is C17H20ClN3O2S. The van der Waals surface area contributed by atoms with Gasteiger partial charge >= 0.3 is 0 Å². The number of nitrogens with zero attached hydrogens (tertiary/aromatic N) is 1. The first-order chi connectivity index (χ1) is 11.5. The number of hydrogen-bond donors (Lipinski definition) is 2. The van der Waals surface area contributed by atoms with Crippen LogP contribution in [0.3, 0.4) is 0 Å². The molecule has 1 saturated heterocycles. The minimum Gasteiger partial charge on any atom is -0.379 e. The number of amides is 1. The largest absolute Gasteiger partial charge is 0.379 e. The molecule has 0 bridgehead atoms. The van der Waals surface area contributed by atoms with E-state index in [0.717, 1.165) is 25.0 Å². The highest BCUT2D eigenvalue weighted by molar-refractivity contribution is 8.13. The highest BCUT2D eigenvalue weighted by Crippen LogP contribution is 2.55. The second-order valence-electron chi connectivity index (χ2n) is 6.97. The highest BCUT2D eigenvalue weighted by atomic mass is 35.5. The van der Waals surface area contributed by atoms with Gasteiger partial charge in [-0.25, -0.2) is 0 Å². The van der Waals surface area contributed by atoms with Gasteiger partial charge in [-0.2, -0.15) is 0 Å². The summed E-state index contributed by atoms with van der Waals surface area (Å²) in [5, 5.41) is 4.40. The predicted octanol–water partition coefficient (Wildman–Crippen LogP) is 2.44. The monoisotopic (exact) mass is 365 g/mol. The fourth-order valence-corrected chi connectivity index (χ4v) is 5.52. The summed E-state index contributed by atoms with van der Waals surface area (Å²) in [7, 11) is 0. The zero-order chi connectivity index (χ0) is 16.8. The lowest BCUT2D eigenvalue weighted by molar-refractivity contribution is 0.0817. The topological polar surface area (TPSA) is 76.7 Å². The SMILES string of the molecule is NC1=N[C@]23CC[C@H](NC(=O)c4cccc(Cl)c4)C[C@]2(COC3)CS1. The fourth-order valence-electron chi connectivity index (χ4n) is 4.19. The van der Waals surface area contributed by atoms with Crippen LogP contribution in [0.25, 0.3) is 0 Å². The van der Waals surface area contributed by atoms with E-state index in [0.29, 0.717) is 29.0 Å². The Morgan fingerprint density at radius 1 is 1.46 bits per heavy atom. The van der Waals surface area contributed by atoms with Crippen molar-refractivity contribution in [1.82, 2.24) is 5.32 Å². The number of nitrogens with one attached hydrogen (secondary N) is 1. The lowest BCUT2D eigenvalue weighted by atomic mass is 9.62. The molecule has 4 rings (SSSR count). The van der Waals surface area contributed by atoms with Crippen LogP contribution < -0.4 is 11.1 Å². The van der Waals surface area contributed by atoms with E-state index in [2.05, 4.69) is 5.32 Å². The summed E-state index contributed by atoms with van der Waals surface area (Å²) in [5.74, 6) is 0.836. The zero-order valence-corrected chi connectivity index (χ0v) is 14.8. The number of amidine groups is 1. The van der Waals surface area contributed by atoms with E-state index < -0.39 is 0 Å². The van der Waals surface area contributed by atoms with E-state index in [4.69, 9.17) is 27.1 Å². The van der Waals surface area contributed by atoms with Crippen molar-refractivity contribution in [2.45, 2.75) is 30.8 Å². The van der Waals surface area contributed by atoms with E-state index in [1.807, 2.05) is 0 Å². The van der Waals surface area contributed by atoms with Gasteiger partial charge in [0.15, 0.2) is 5.17 Å². The van der Waals surface area contributed by atoms with Crippen LogP contribution in [0.4, 0.5) is 0 Å².